The molecular formula is C17H24BrN3O3. The lowest BCUT2D eigenvalue weighted by Crippen LogP contribution is -2.56. The van der Waals surface area contributed by atoms with E-state index in [4.69, 9.17) is 10.5 Å². The van der Waals surface area contributed by atoms with Gasteiger partial charge in [0, 0.05) is 35.8 Å². The lowest BCUT2D eigenvalue weighted by atomic mass is 10.1. The minimum Gasteiger partial charge on any atom is -0.444 e. The molecule has 1 aromatic carbocycles. The van der Waals surface area contributed by atoms with Crippen molar-refractivity contribution in [2.45, 2.75) is 39.3 Å². The van der Waals surface area contributed by atoms with E-state index < -0.39 is 5.60 Å². The molecule has 1 atom stereocenters. The van der Waals surface area contributed by atoms with E-state index in [-0.39, 0.29) is 18.0 Å². The van der Waals surface area contributed by atoms with Gasteiger partial charge in [-0.2, -0.15) is 0 Å². The number of halogens is 1. The van der Waals surface area contributed by atoms with E-state index in [2.05, 4.69) is 15.9 Å². The third-order valence-corrected chi connectivity index (χ3v) is 4.42. The molecule has 1 aliphatic heterocycles. The molecule has 132 valence electrons. The summed E-state index contributed by atoms with van der Waals surface area (Å²) in [6, 6.07) is 5.03. The Balaban J connectivity index is 2.05. The van der Waals surface area contributed by atoms with Crippen LogP contribution in [0.1, 0.15) is 38.1 Å². The van der Waals surface area contributed by atoms with Crippen molar-refractivity contribution in [1.29, 1.82) is 0 Å². The summed E-state index contributed by atoms with van der Waals surface area (Å²) < 4.78 is 6.10. The fourth-order valence-electron chi connectivity index (χ4n) is 2.61. The molecule has 1 aromatic rings. The predicted molar refractivity (Wildman–Crippen MR) is 96.9 cm³/mol. The van der Waals surface area contributed by atoms with Crippen molar-refractivity contribution in [2.75, 3.05) is 25.4 Å². The first-order chi connectivity index (χ1) is 11.1. The Labute approximate surface area is 151 Å². The van der Waals surface area contributed by atoms with Crippen molar-refractivity contribution in [3.8, 4) is 0 Å². The summed E-state index contributed by atoms with van der Waals surface area (Å²) in [5.74, 6) is -0.0717. The number of rotatable bonds is 1. The molecule has 2 amide bonds. The Bertz CT molecular complexity index is 642. The van der Waals surface area contributed by atoms with Crippen LogP contribution in [0.2, 0.25) is 0 Å². The third kappa shape index (κ3) is 4.41. The molecule has 6 nitrogen and oxygen atoms in total. The van der Waals surface area contributed by atoms with Crippen molar-refractivity contribution < 1.29 is 14.3 Å². The fourth-order valence-corrected chi connectivity index (χ4v) is 3.18. The van der Waals surface area contributed by atoms with E-state index in [1.165, 1.54) is 0 Å². The maximum Gasteiger partial charge on any atom is 0.410 e. The molecule has 0 saturated carbocycles. The van der Waals surface area contributed by atoms with Crippen molar-refractivity contribution >= 4 is 33.6 Å². The van der Waals surface area contributed by atoms with Gasteiger partial charge in [0.2, 0.25) is 0 Å². The van der Waals surface area contributed by atoms with Crippen LogP contribution < -0.4 is 5.73 Å². The smallest absolute Gasteiger partial charge is 0.410 e. The first-order valence-electron chi connectivity index (χ1n) is 7.92. The number of carbonyl (C=O) groups excluding carboxylic acids is 2. The molecule has 1 aliphatic rings. The summed E-state index contributed by atoms with van der Waals surface area (Å²) in [4.78, 5) is 28.4. The third-order valence-electron chi connectivity index (χ3n) is 3.77. The minimum atomic E-state index is -0.529. The van der Waals surface area contributed by atoms with Gasteiger partial charge in [-0.15, -0.1) is 0 Å². The predicted octanol–water partition coefficient (Wildman–Crippen LogP) is 3.11. The highest BCUT2D eigenvalue weighted by atomic mass is 79.9. The van der Waals surface area contributed by atoms with Gasteiger partial charge in [0.25, 0.3) is 5.91 Å². The number of benzene rings is 1. The highest BCUT2D eigenvalue weighted by Crippen LogP contribution is 2.23. The Hall–Kier alpha value is -1.76. The van der Waals surface area contributed by atoms with E-state index >= 15 is 0 Å². The van der Waals surface area contributed by atoms with Crippen LogP contribution in [0.15, 0.2) is 22.7 Å². The van der Waals surface area contributed by atoms with Crippen LogP contribution in [0.3, 0.4) is 0 Å². The molecule has 0 aromatic heterocycles. The number of piperazine rings is 1. The summed E-state index contributed by atoms with van der Waals surface area (Å²) in [5, 5.41) is 0. The number of hydrogen-bond donors (Lipinski definition) is 1. The maximum absolute atomic E-state index is 12.7. The minimum absolute atomic E-state index is 0.0717. The van der Waals surface area contributed by atoms with E-state index in [9.17, 15) is 9.59 Å². The highest BCUT2D eigenvalue weighted by molar-refractivity contribution is 9.10. The van der Waals surface area contributed by atoms with Gasteiger partial charge in [-0.1, -0.05) is 0 Å². The van der Waals surface area contributed by atoms with Crippen LogP contribution in [0.25, 0.3) is 0 Å². The van der Waals surface area contributed by atoms with Gasteiger partial charge in [0.15, 0.2) is 0 Å². The van der Waals surface area contributed by atoms with E-state index in [0.717, 1.165) is 0 Å². The molecule has 24 heavy (non-hydrogen) atoms. The number of nitrogens with zero attached hydrogens (tertiary/aromatic N) is 2. The van der Waals surface area contributed by atoms with E-state index in [1.54, 1.807) is 28.0 Å². The Kier molecular flexibility index (Phi) is 5.42. The number of nitrogens with two attached hydrogens (primary N) is 1. The fraction of sp³-hybridized carbons (Fsp3) is 0.529. The normalized spacial score (nSPS) is 18.5. The Morgan fingerprint density at radius 3 is 2.50 bits per heavy atom. The van der Waals surface area contributed by atoms with Crippen molar-refractivity contribution in [3.63, 3.8) is 0 Å². The van der Waals surface area contributed by atoms with Gasteiger partial charge in [0.1, 0.15) is 5.60 Å². The molecule has 0 radical (unpaired) electrons. The van der Waals surface area contributed by atoms with Crippen molar-refractivity contribution in [1.82, 2.24) is 9.80 Å². The molecular weight excluding hydrogens is 374 g/mol. The Morgan fingerprint density at radius 2 is 1.96 bits per heavy atom. The second kappa shape index (κ2) is 7.01. The molecule has 0 bridgehead atoms. The van der Waals surface area contributed by atoms with Crippen LogP contribution in [0, 0.1) is 0 Å². The topological polar surface area (TPSA) is 75.9 Å². The number of ether oxygens (including phenoxy) is 1. The van der Waals surface area contributed by atoms with Gasteiger partial charge in [-0.05, 0) is 61.8 Å². The maximum atomic E-state index is 12.7. The largest absolute Gasteiger partial charge is 0.444 e. The SMILES string of the molecule is C[C@@H]1CN(C(=O)c2ccc(N)cc2Br)CCN1C(=O)OC(C)(C)C. The summed E-state index contributed by atoms with van der Waals surface area (Å²) in [5.41, 5.74) is 6.36. The zero-order valence-corrected chi connectivity index (χ0v) is 16.1. The van der Waals surface area contributed by atoms with Gasteiger partial charge >= 0.3 is 6.09 Å². The van der Waals surface area contributed by atoms with Gasteiger partial charge in [0.05, 0.1) is 5.56 Å². The number of amides is 2. The molecule has 0 spiro atoms. The van der Waals surface area contributed by atoms with Gasteiger partial charge in [-0.25, -0.2) is 4.79 Å². The van der Waals surface area contributed by atoms with E-state index in [1.807, 2.05) is 27.7 Å². The zero-order valence-electron chi connectivity index (χ0n) is 14.5. The van der Waals surface area contributed by atoms with Crippen LogP contribution in [0.4, 0.5) is 10.5 Å². The molecule has 1 heterocycles. The molecule has 2 rings (SSSR count). The Morgan fingerprint density at radius 1 is 1.29 bits per heavy atom. The van der Waals surface area contributed by atoms with E-state index in [0.29, 0.717) is 35.4 Å². The number of anilines is 1. The lowest BCUT2D eigenvalue weighted by molar-refractivity contribution is 0.00197. The molecule has 1 saturated heterocycles. The monoisotopic (exact) mass is 397 g/mol. The van der Waals surface area contributed by atoms with Crippen molar-refractivity contribution in [3.05, 3.63) is 28.2 Å². The van der Waals surface area contributed by atoms with Crippen molar-refractivity contribution in [2.24, 2.45) is 0 Å². The molecule has 1 fully saturated rings. The van der Waals surface area contributed by atoms with Crippen LogP contribution >= 0.6 is 15.9 Å². The second-order valence-electron chi connectivity index (χ2n) is 7.01. The van der Waals surface area contributed by atoms with Crippen LogP contribution in [-0.2, 0) is 4.74 Å². The van der Waals surface area contributed by atoms with Gasteiger partial charge in [-0.3, -0.25) is 4.79 Å². The first kappa shape index (κ1) is 18.6. The first-order valence-corrected chi connectivity index (χ1v) is 8.71. The number of carbonyl (C=O) groups is 2. The summed E-state index contributed by atoms with van der Waals surface area (Å²) in [6.07, 6.45) is -0.337. The quantitative estimate of drug-likeness (QED) is 0.738. The van der Waals surface area contributed by atoms with Gasteiger partial charge < -0.3 is 20.3 Å². The number of nitrogen functional groups attached to an aromatic ring is 1. The molecule has 0 unspecified atom stereocenters. The summed E-state index contributed by atoms with van der Waals surface area (Å²) >= 11 is 3.39. The lowest BCUT2D eigenvalue weighted by Gasteiger charge is -2.40. The zero-order chi connectivity index (χ0) is 18.1. The average molecular weight is 398 g/mol. The standard InChI is InChI=1S/C17H24BrN3O3/c1-11-10-20(7-8-21(11)16(23)24-17(2,3)4)15(22)13-6-5-12(19)9-14(13)18/h5-6,9,11H,7-8,10,19H2,1-4H3/t11-/m1/s1. The second-order valence-corrected chi connectivity index (χ2v) is 7.87. The molecule has 2 N–H and O–H groups in total. The summed E-state index contributed by atoms with van der Waals surface area (Å²) in [7, 11) is 0. The molecule has 0 aliphatic carbocycles. The molecule has 7 heteroatoms. The highest BCUT2D eigenvalue weighted by Gasteiger charge is 2.33. The van der Waals surface area contributed by atoms with Crippen LogP contribution in [0.5, 0.6) is 0 Å². The average Bonchev–Trinajstić information content (AvgIpc) is 2.44. The van der Waals surface area contributed by atoms with Crippen LogP contribution in [-0.4, -0.2) is 53.1 Å². The summed E-state index contributed by atoms with van der Waals surface area (Å²) in [6.45, 7) is 8.83. The number of hydrogen-bond acceptors (Lipinski definition) is 4.